The van der Waals surface area contributed by atoms with E-state index in [0.29, 0.717) is 19.0 Å². The highest BCUT2D eigenvalue weighted by Crippen LogP contribution is 2.16. The molecular weight excluding hydrogens is 407 g/mol. The Labute approximate surface area is 155 Å². The highest BCUT2D eigenvalue weighted by molar-refractivity contribution is 14.0. The van der Waals surface area contributed by atoms with Crippen molar-refractivity contribution in [2.24, 2.45) is 18.0 Å². The van der Waals surface area contributed by atoms with Gasteiger partial charge in [-0.1, -0.05) is 13.8 Å². The van der Waals surface area contributed by atoms with E-state index in [1.807, 2.05) is 25.1 Å². The van der Waals surface area contributed by atoms with Crippen LogP contribution in [0.25, 0.3) is 0 Å². The van der Waals surface area contributed by atoms with Gasteiger partial charge < -0.3 is 15.1 Å². The van der Waals surface area contributed by atoms with Crippen molar-refractivity contribution in [3.8, 4) is 0 Å². The van der Waals surface area contributed by atoms with Crippen molar-refractivity contribution in [3.05, 3.63) is 12.4 Å². The molecule has 0 radical (unpaired) electrons. The van der Waals surface area contributed by atoms with Crippen molar-refractivity contribution in [2.45, 2.75) is 20.8 Å². The molecule has 8 heteroatoms. The van der Waals surface area contributed by atoms with Crippen LogP contribution in [-0.2, 0) is 11.8 Å². The maximum Gasteiger partial charge on any atom is 0.246 e. The zero-order valence-electron chi connectivity index (χ0n) is 14.3. The van der Waals surface area contributed by atoms with Crippen LogP contribution >= 0.6 is 24.0 Å². The Morgan fingerprint density at radius 1 is 1.43 bits per heavy atom. The number of carbonyl (C=O) groups is 1. The number of hydrogen-bond donors (Lipinski definition) is 1. The number of rotatable bonds is 4. The van der Waals surface area contributed by atoms with Crippen LogP contribution in [0.1, 0.15) is 20.8 Å². The fourth-order valence-electron chi connectivity index (χ4n) is 2.37. The molecule has 1 aromatic rings. The molecule has 130 valence electrons. The van der Waals surface area contributed by atoms with Crippen LogP contribution in [0.15, 0.2) is 17.4 Å². The van der Waals surface area contributed by atoms with Crippen molar-refractivity contribution in [1.29, 1.82) is 0 Å². The number of hydrogen-bond acceptors (Lipinski definition) is 3. The minimum atomic E-state index is 0. The second-order valence-corrected chi connectivity index (χ2v) is 5.93. The average molecular weight is 434 g/mol. The minimum absolute atomic E-state index is 0. The molecule has 0 aromatic carbocycles. The van der Waals surface area contributed by atoms with E-state index in [0.717, 1.165) is 31.3 Å². The van der Waals surface area contributed by atoms with Crippen LogP contribution < -0.4 is 10.2 Å². The van der Waals surface area contributed by atoms with E-state index in [4.69, 9.17) is 0 Å². The lowest BCUT2D eigenvalue weighted by atomic mass is 10.2. The predicted molar refractivity (Wildman–Crippen MR) is 103 cm³/mol. The molecule has 1 fully saturated rings. The predicted octanol–water partition coefficient (Wildman–Crippen LogP) is 1.31. The highest BCUT2D eigenvalue weighted by atomic mass is 127. The van der Waals surface area contributed by atoms with Crippen molar-refractivity contribution in [3.63, 3.8) is 0 Å². The van der Waals surface area contributed by atoms with Gasteiger partial charge in [-0.25, -0.2) is 0 Å². The largest absolute Gasteiger partial charge is 0.357 e. The van der Waals surface area contributed by atoms with Crippen LogP contribution in [-0.4, -0.2) is 59.3 Å². The van der Waals surface area contributed by atoms with E-state index in [2.05, 4.69) is 29.3 Å². The van der Waals surface area contributed by atoms with E-state index in [9.17, 15) is 4.79 Å². The second-order valence-electron chi connectivity index (χ2n) is 5.93. The molecule has 1 amide bonds. The lowest BCUT2D eigenvalue weighted by Gasteiger charge is -2.35. The minimum Gasteiger partial charge on any atom is -0.357 e. The lowest BCUT2D eigenvalue weighted by Crippen LogP contribution is -2.55. The van der Waals surface area contributed by atoms with E-state index in [1.165, 1.54) is 0 Å². The average Bonchev–Trinajstić information content (AvgIpc) is 2.89. The fraction of sp³-hybridized carbons (Fsp3) is 0.667. The molecule has 1 aliphatic rings. The van der Waals surface area contributed by atoms with Crippen LogP contribution in [0.5, 0.6) is 0 Å². The molecule has 0 spiro atoms. The number of amides is 1. The first kappa shape index (κ1) is 19.7. The number of aryl methyl sites for hydroxylation is 1. The number of piperazine rings is 1. The van der Waals surface area contributed by atoms with E-state index in [-0.39, 0.29) is 29.9 Å². The van der Waals surface area contributed by atoms with Gasteiger partial charge in [-0.15, -0.1) is 24.0 Å². The lowest BCUT2D eigenvalue weighted by molar-refractivity contribution is -0.120. The number of nitrogens with zero attached hydrogens (tertiary/aromatic N) is 5. The molecule has 2 heterocycles. The van der Waals surface area contributed by atoms with Gasteiger partial charge in [0.15, 0.2) is 5.96 Å². The summed E-state index contributed by atoms with van der Waals surface area (Å²) < 4.78 is 1.71. The Balaban J connectivity index is 0.00000264. The first-order chi connectivity index (χ1) is 10.5. The molecule has 2 rings (SSSR count). The van der Waals surface area contributed by atoms with Gasteiger partial charge in [0.2, 0.25) is 5.91 Å². The maximum atomic E-state index is 12.4. The molecule has 1 saturated heterocycles. The van der Waals surface area contributed by atoms with Gasteiger partial charge in [0.1, 0.15) is 6.54 Å². The van der Waals surface area contributed by atoms with Crippen molar-refractivity contribution in [1.82, 2.24) is 20.0 Å². The summed E-state index contributed by atoms with van der Waals surface area (Å²) in [7, 11) is 1.85. The summed E-state index contributed by atoms with van der Waals surface area (Å²) >= 11 is 0. The number of halogens is 1. The van der Waals surface area contributed by atoms with Crippen LogP contribution in [0.4, 0.5) is 5.69 Å². The van der Waals surface area contributed by atoms with Crippen LogP contribution in [0.2, 0.25) is 0 Å². The molecule has 0 bridgehead atoms. The van der Waals surface area contributed by atoms with Crippen molar-refractivity contribution >= 4 is 41.5 Å². The topological polar surface area (TPSA) is 65.8 Å². The number of aromatic nitrogens is 2. The molecule has 1 aliphatic heterocycles. The first-order valence-electron chi connectivity index (χ1n) is 7.83. The third-order valence-corrected chi connectivity index (χ3v) is 3.46. The molecule has 0 unspecified atom stereocenters. The molecule has 0 aliphatic carbocycles. The number of aliphatic imine (C=N–C) groups is 1. The van der Waals surface area contributed by atoms with Gasteiger partial charge >= 0.3 is 0 Å². The summed E-state index contributed by atoms with van der Waals surface area (Å²) in [5.41, 5.74) is 0.858. The molecule has 0 atom stereocenters. The molecule has 7 nitrogen and oxygen atoms in total. The van der Waals surface area contributed by atoms with Crippen molar-refractivity contribution < 1.29 is 4.79 Å². The van der Waals surface area contributed by atoms with Gasteiger partial charge in [0, 0.05) is 39.4 Å². The van der Waals surface area contributed by atoms with Gasteiger partial charge in [-0.05, 0) is 12.8 Å². The molecule has 0 saturated carbocycles. The first-order valence-corrected chi connectivity index (χ1v) is 7.83. The summed E-state index contributed by atoms with van der Waals surface area (Å²) in [6.45, 7) is 9.64. The van der Waals surface area contributed by atoms with Gasteiger partial charge in [0.05, 0.1) is 11.9 Å². The summed E-state index contributed by atoms with van der Waals surface area (Å²) in [6, 6.07) is 0. The van der Waals surface area contributed by atoms with E-state index >= 15 is 0 Å². The summed E-state index contributed by atoms with van der Waals surface area (Å²) in [6.07, 6.45) is 3.59. The van der Waals surface area contributed by atoms with Gasteiger partial charge in [0.25, 0.3) is 0 Å². The number of guanidine groups is 1. The molecule has 23 heavy (non-hydrogen) atoms. The quantitative estimate of drug-likeness (QED) is 0.441. The SMILES string of the molecule is CCNC(=NCC(C)C)N1CCN(c2cnn(C)c2)C(=O)C1.I. The summed E-state index contributed by atoms with van der Waals surface area (Å²) in [5, 5.41) is 7.41. The summed E-state index contributed by atoms with van der Waals surface area (Å²) in [5.74, 6) is 1.41. The Morgan fingerprint density at radius 2 is 2.17 bits per heavy atom. The van der Waals surface area contributed by atoms with E-state index < -0.39 is 0 Å². The monoisotopic (exact) mass is 434 g/mol. The number of carbonyl (C=O) groups excluding carboxylic acids is 1. The third kappa shape index (κ3) is 5.36. The molecule has 1 N–H and O–H groups in total. The standard InChI is InChI=1S/C15H26N6O.HI/c1-5-16-15(17-8-12(2)3)20-6-7-21(14(22)11-20)13-9-18-19(4)10-13;/h9-10,12H,5-8,11H2,1-4H3,(H,16,17);1H. The maximum absolute atomic E-state index is 12.4. The normalized spacial score (nSPS) is 15.9. The van der Waals surface area contributed by atoms with Crippen LogP contribution in [0.3, 0.4) is 0 Å². The Bertz CT molecular complexity index is 542. The Kier molecular flexibility index (Phi) is 7.80. The Morgan fingerprint density at radius 3 is 2.70 bits per heavy atom. The third-order valence-electron chi connectivity index (χ3n) is 3.46. The zero-order chi connectivity index (χ0) is 16.1. The van der Waals surface area contributed by atoms with Gasteiger partial charge in [-0.2, -0.15) is 5.10 Å². The zero-order valence-corrected chi connectivity index (χ0v) is 16.7. The smallest absolute Gasteiger partial charge is 0.246 e. The molecular formula is C15H27IN6O. The second kappa shape index (κ2) is 9.09. The highest BCUT2D eigenvalue weighted by Gasteiger charge is 2.27. The van der Waals surface area contributed by atoms with Crippen LogP contribution in [0, 0.1) is 5.92 Å². The summed E-state index contributed by atoms with van der Waals surface area (Å²) in [4.78, 5) is 20.9. The molecule has 1 aromatic heterocycles. The van der Waals surface area contributed by atoms with Gasteiger partial charge in [-0.3, -0.25) is 14.5 Å². The fourth-order valence-corrected chi connectivity index (χ4v) is 2.37. The number of anilines is 1. The Hall–Kier alpha value is -1.32. The number of nitrogens with one attached hydrogen (secondary N) is 1. The van der Waals surface area contributed by atoms with Crippen molar-refractivity contribution in [2.75, 3.05) is 37.6 Å². The van der Waals surface area contributed by atoms with E-state index in [1.54, 1.807) is 15.8 Å².